The number of hydrogen-bond acceptors (Lipinski definition) is 5. The van der Waals surface area contributed by atoms with Crippen molar-refractivity contribution in [1.29, 1.82) is 0 Å². The molecule has 1 saturated carbocycles. The monoisotopic (exact) mass is 334 g/mol. The Balaban J connectivity index is 2.22. The van der Waals surface area contributed by atoms with Crippen molar-refractivity contribution in [3.05, 3.63) is 11.4 Å². The van der Waals surface area contributed by atoms with E-state index in [0.29, 0.717) is 18.0 Å². The quantitative estimate of drug-likeness (QED) is 0.675. The molecule has 0 saturated heterocycles. The number of aryl methyl sites for hydroxylation is 1. The Morgan fingerprint density at radius 2 is 2.19 bits per heavy atom. The van der Waals surface area contributed by atoms with E-state index in [4.69, 9.17) is 15.4 Å². The minimum absolute atomic E-state index is 0.186. The minimum atomic E-state index is -4.05. The van der Waals surface area contributed by atoms with Gasteiger partial charge in [-0.3, -0.25) is 5.10 Å². The summed E-state index contributed by atoms with van der Waals surface area (Å²) in [4.78, 5) is 11.9. The van der Waals surface area contributed by atoms with Crippen LogP contribution in [-0.4, -0.2) is 30.7 Å². The van der Waals surface area contributed by atoms with Gasteiger partial charge in [-0.1, -0.05) is 20.3 Å². The van der Waals surface area contributed by atoms with Crippen LogP contribution in [0, 0.1) is 5.92 Å². The van der Waals surface area contributed by atoms with Gasteiger partial charge in [0, 0.05) is 10.7 Å². The maximum atomic E-state index is 12.2. The van der Waals surface area contributed by atoms with Crippen LogP contribution in [-0.2, 0) is 20.2 Å². The third kappa shape index (κ3) is 3.77. The number of hydrogen-bond donors (Lipinski definition) is 1. The first kappa shape index (κ1) is 16.3. The fourth-order valence-corrected chi connectivity index (χ4v) is 4.04. The van der Waals surface area contributed by atoms with Gasteiger partial charge in [0.25, 0.3) is 9.05 Å². The van der Waals surface area contributed by atoms with Crippen LogP contribution in [0.15, 0.2) is 4.90 Å². The number of rotatable bonds is 4. The maximum absolute atomic E-state index is 12.2. The normalized spacial score (nSPS) is 23.0. The molecule has 6 nitrogen and oxygen atoms in total. The number of aromatic nitrogens is 2. The zero-order valence-corrected chi connectivity index (χ0v) is 13.6. The molecule has 1 heterocycles. The topological polar surface area (TPSA) is 89.1 Å². The highest BCUT2D eigenvalue weighted by Gasteiger charge is 2.31. The molecule has 118 valence electrons. The summed E-state index contributed by atoms with van der Waals surface area (Å²) < 4.78 is 28.7. The smallest absolute Gasteiger partial charge is 0.360 e. The summed E-state index contributed by atoms with van der Waals surface area (Å²) in [7, 11) is 1.35. The molecule has 1 aliphatic rings. The molecular weight excluding hydrogens is 316 g/mol. The fraction of sp³-hybridized carbons (Fsp3) is 0.692. The van der Waals surface area contributed by atoms with Crippen molar-refractivity contribution in [3.63, 3.8) is 0 Å². The van der Waals surface area contributed by atoms with Crippen LogP contribution in [0.5, 0.6) is 0 Å². The van der Waals surface area contributed by atoms with Crippen LogP contribution in [0.4, 0.5) is 0 Å². The molecule has 2 atom stereocenters. The molecule has 1 aliphatic carbocycles. The molecule has 1 fully saturated rings. The Morgan fingerprint density at radius 1 is 1.48 bits per heavy atom. The molecule has 1 N–H and O–H groups in total. The second kappa shape index (κ2) is 6.36. The molecule has 0 radical (unpaired) electrons. The summed E-state index contributed by atoms with van der Waals surface area (Å²) in [6.45, 7) is 3.86. The standard InChI is InChI=1S/C13H19ClN2O4S/c1-3-10-12(21(14,18)19)11(16-15-10)13(17)20-9-6-4-5-8(2)7-9/h8-9H,3-7H2,1-2H3,(H,15,16). The summed E-state index contributed by atoms with van der Waals surface area (Å²) in [6, 6.07) is 0. The SMILES string of the molecule is CCc1[nH]nc(C(=O)OC2CCCC(C)C2)c1S(=O)(=O)Cl. The van der Waals surface area contributed by atoms with Gasteiger partial charge in [-0.25, -0.2) is 13.2 Å². The van der Waals surface area contributed by atoms with Gasteiger partial charge in [0.2, 0.25) is 0 Å². The zero-order chi connectivity index (χ0) is 15.6. The molecule has 21 heavy (non-hydrogen) atoms. The highest BCUT2D eigenvalue weighted by atomic mass is 35.7. The number of ether oxygens (including phenoxy) is 1. The number of halogens is 1. The van der Waals surface area contributed by atoms with Crippen LogP contribution in [0.2, 0.25) is 0 Å². The van der Waals surface area contributed by atoms with Crippen molar-refractivity contribution in [2.75, 3.05) is 0 Å². The second-order valence-electron chi connectivity index (χ2n) is 5.47. The number of aromatic amines is 1. The van der Waals surface area contributed by atoms with Crippen molar-refractivity contribution < 1.29 is 17.9 Å². The third-order valence-corrected chi connectivity index (χ3v) is 5.13. The predicted molar refractivity (Wildman–Crippen MR) is 77.8 cm³/mol. The molecule has 0 bridgehead atoms. The first-order valence-corrected chi connectivity index (χ1v) is 9.36. The van der Waals surface area contributed by atoms with Crippen LogP contribution in [0.1, 0.15) is 55.7 Å². The highest BCUT2D eigenvalue weighted by molar-refractivity contribution is 8.13. The van der Waals surface area contributed by atoms with Gasteiger partial charge in [0.05, 0.1) is 5.69 Å². The van der Waals surface area contributed by atoms with Crippen molar-refractivity contribution in [2.45, 2.75) is 57.0 Å². The zero-order valence-electron chi connectivity index (χ0n) is 12.1. The van der Waals surface area contributed by atoms with Gasteiger partial charge in [0.1, 0.15) is 11.0 Å². The van der Waals surface area contributed by atoms with E-state index < -0.39 is 15.0 Å². The highest BCUT2D eigenvalue weighted by Crippen LogP contribution is 2.28. The number of carbonyl (C=O) groups excluding carboxylic acids is 1. The molecule has 1 aromatic heterocycles. The van der Waals surface area contributed by atoms with Crippen LogP contribution in [0.3, 0.4) is 0 Å². The van der Waals surface area contributed by atoms with Gasteiger partial charge >= 0.3 is 5.97 Å². The molecule has 0 aromatic carbocycles. The van der Waals surface area contributed by atoms with Gasteiger partial charge in [0.15, 0.2) is 5.69 Å². The minimum Gasteiger partial charge on any atom is -0.458 e. The number of nitrogens with one attached hydrogen (secondary N) is 1. The maximum Gasteiger partial charge on any atom is 0.360 e. The lowest BCUT2D eigenvalue weighted by atomic mass is 9.89. The lowest BCUT2D eigenvalue weighted by Gasteiger charge is -2.26. The van der Waals surface area contributed by atoms with Gasteiger partial charge in [-0.05, 0) is 31.6 Å². The summed E-state index contributed by atoms with van der Waals surface area (Å²) in [6.07, 6.45) is 3.90. The van der Waals surface area contributed by atoms with E-state index in [-0.39, 0.29) is 16.7 Å². The molecular formula is C13H19ClN2O4S. The van der Waals surface area contributed by atoms with Crippen molar-refractivity contribution in [1.82, 2.24) is 10.2 Å². The van der Waals surface area contributed by atoms with E-state index in [1.165, 1.54) is 0 Å². The number of H-pyrrole nitrogens is 1. The lowest BCUT2D eigenvalue weighted by Crippen LogP contribution is -2.25. The van der Waals surface area contributed by atoms with Gasteiger partial charge in [-0.2, -0.15) is 5.10 Å². The molecule has 2 rings (SSSR count). The Hall–Kier alpha value is -1.08. The van der Waals surface area contributed by atoms with E-state index in [9.17, 15) is 13.2 Å². The lowest BCUT2D eigenvalue weighted by molar-refractivity contribution is 0.0144. The van der Waals surface area contributed by atoms with Crippen molar-refractivity contribution in [3.8, 4) is 0 Å². The largest absolute Gasteiger partial charge is 0.458 e. The number of esters is 1. The molecule has 1 aromatic rings. The van der Waals surface area contributed by atoms with E-state index in [0.717, 1.165) is 25.7 Å². The molecule has 0 spiro atoms. The predicted octanol–water partition coefficient (Wildman–Crippen LogP) is 2.64. The average molecular weight is 335 g/mol. The average Bonchev–Trinajstić information content (AvgIpc) is 2.82. The Morgan fingerprint density at radius 3 is 2.76 bits per heavy atom. The Bertz CT molecular complexity index is 626. The summed E-state index contributed by atoms with van der Waals surface area (Å²) >= 11 is 0. The van der Waals surface area contributed by atoms with E-state index in [2.05, 4.69) is 17.1 Å². The summed E-state index contributed by atoms with van der Waals surface area (Å²) in [5.41, 5.74) is 0.0639. The Kier molecular flexibility index (Phi) is 4.93. The van der Waals surface area contributed by atoms with E-state index in [1.807, 2.05) is 0 Å². The summed E-state index contributed by atoms with van der Waals surface area (Å²) in [5.74, 6) is -0.234. The van der Waals surface area contributed by atoms with Gasteiger partial charge in [-0.15, -0.1) is 0 Å². The van der Waals surface area contributed by atoms with Crippen LogP contribution in [0.25, 0.3) is 0 Å². The van der Waals surface area contributed by atoms with Crippen molar-refractivity contribution in [2.24, 2.45) is 5.92 Å². The molecule has 0 aliphatic heterocycles. The van der Waals surface area contributed by atoms with Crippen molar-refractivity contribution >= 4 is 25.7 Å². The van der Waals surface area contributed by atoms with E-state index in [1.54, 1.807) is 6.92 Å². The first-order valence-electron chi connectivity index (χ1n) is 7.05. The Labute approximate surface area is 128 Å². The molecule has 2 unspecified atom stereocenters. The fourth-order valence-electron chi connectivity index (χ4n) is 2.70. The summed E-state index contributed by atoms with van der Waals surface area (Å²) in [5, 5.41) is 6.32. The van der Waals surface area contributed by atoms with Gasteiger partial charge < -0.3 is 4.74 Å². The molecule has 0 amide bonds. The first-order chi connectivity index (χ1) is 9.82. The third-order valence-electron chi connectivity index (χ3n) is 3.74. The van der Waals surface area contributed by atoms with Crippen LogP contribution < -0.4 is 0 Å². The number of carbonyl (C=O) groups is 1. The molecule has 8 heteroatoms. The number of nitrogens with zero attached hydrogens (tertiary/aromatic N) is 1. The van der Waals surface area contributed by atoms with Crippen LogP contribution >= 0.6 is 10.7 Å². The van der Waals surface area contributed by atoms with E-state index >= 15 is 0 Å². The second-order valence-corrected chi connectivity index (χ2v) is 7.97.